The number of hydrogen-bond donors (Lipinski definition) is 1. The van der Waals surface area contributed by atoms with Crippen LogP contribution in [0.3, 0.4) is 0 Å². The van der Waals surface area contributed by atoms with Crippen LogP contribution in [0.2, 0.25) is 5.02 Å². The van der Waals surface area contributed by atoms with E-state index >= 15 is 0 Å². The van der Waals surface area contributed by atoms with Crippen molar-refractivity contribution in [2.45, 2.75) is 67.5 Å². The normalized spacial score (nSPS) is 17.7. The topological polar surface area (TPSA) is 75.4 Å². The van der Waals surface area contributed by atoms with Gasteiger partial charge in [0.25, 0.3) is 0 Å². The van der Waals surface area contributed by atoms with Gasteiger partial charge < -0.3 is 9.84 Å². The van der Waals surface area contributed by atoms with Gasteiger partial charge in [-0.1, -0.05) is 58.3 Å². The van der Waals surface area contributed by atoms with E-state index in [0.29, 0.717) is 23.7 Å². The molecule has 1 saturated heterocycles. The van der Waals surface area contributed by atoms with E-state index in [9.17, 15) is 14.0 Å². The second kappa shape index (κ2) is 15.6. The summed E-state index contributed by atoms with van der Waals surface area (Å²) < 4.78 is 17.7. The Morgan fingerprint density at radius 1 is 1.15 bits per heavy atom. The quantitative estimate of drug-likeness (QED) is 0.522. The van der Waals surface area contributed by atoms with Crippen LogP contribution in [0.15, 0.2) is 28.8 Å². The van der Waals surface area contributed by atoms with E-state index in [1.165, 1.54) is 24.3 Å². The Morgan fingerprint density at radius 3 is 2.12 bits per heavy atom. The van der Waals surface area contributed by atoms with Gasteiger partial charge in [-0.25, -0.2) is 4.39 Å². The van der Waals surface area contributed by atoms with Gasteiger partial charge in [0, 0.05) is 24.2 Å². The first kappa shape index (κ1) is 30.8. The highest BCUT2D eigenvalue weighted by Crippen LogP contribution is 2.25. The minimum atomic E-state index is -0.504. The largest absolute Gasteiger partial charge is 0.356 e. The van der Waals surface area contributed by atoms with Crippen LogP contribution in [-0.4, -0.2) is 47.9 Å². The highest BCUT2D eigenvalue weighted by Gasteiger charge is 2.25. The molecule has 2 aromatic rings. The fourth-order valence-electron chi connectivity index (χ4n) is 2.33. The number of likely N-dealkylation sites (N-methyl/N-ethyl adjacent to an activating group) is 1. The molecule has 2 unspecified atom stereocenters. The van der Waals surface area contributed by atoms with Gasteiger partial charge in [0.2, 0.25) is 5.91 Å². The molecule has 1 fully saturated rings. The number of nitrogens with one attached hydrogen (secondary N) is 1. The first-order valence-electron chi connectivity index (χ1n) is 11.2. The third kappa shape index (κ3) is 13.1. The average molecular weight is 484 g/mol. The van der Waals surface area contributed by atoms with E-state index in [1.807, 2.05) is 20.9 Å². The van der Waals surface area contributed by atoms with Crippen molar-refractivity contribution in [3.8, 4) is 11.3 Å². The van der Waals surface area contributed by atoms with Gasteiger partial charge in [-0.15, -0.1) is 0 Å². The molecule has 2 heterocycles. The van der Waals surface area contributed by atoms with Crippen LogP contribution in [-0.2, 0) is 4.79 Å². The van der Waals surface area contributed by atoms with E-state index in [0.717, 1.165) is 18.4 Å². The second-order valence-electron chi connectivity index (χ2n) is 9.35. The summed E-state index contributed by atoms with van der Waals surface area (Å²) in [5.41, 5.74) is 0.757. The number of aromatic nitrogens is 1. The summed E-state index contributed by atoms with van der Waals surface area (Å²) in [6.45, 7) is 17.9. The van der Waals surface area contributed by atoms with Crippen molar-refractivity contribution in [3.63, 3.8) is 0 Å². The van der Waals surface area contributed by atoms with Crippen molar-refractivity contribution in [3.05, 3.63) is 40.8 Å². The molecule has 1 amide bonds. The van der Waals surface area contributed by atoms with E-state index < -0.39 is 5.82 Å². The molecule has 1 N–H and O–H groups in total. The lowest BCUT2D eigenvalue weighted by atomic mass is 10.1. The molecule has 186 valence electrons. The zero-order chi connectivity index (χ0) is 25.7. The Bertz CT molecular complexity index is 844. The van der Waals surface area contributed by atoms with Crippen molar-refractivity contribution in [2.24, 2.45) is 11.8 Å². The zero-order valence-electron chi connectivity index (χ0n) is 21.3. The van der Waals surface area contributed by atoms with E-state index in [4.69, 9.17) is 16.1 Å². The molecule has 1 aromatic heterocycles. The lowest BCUT2D eigenvalue weighted by molar-refractivity contribution is -0.128. The van der Waals surface area contributed by atoms with Crippen molar-refractivity contribution in [1.82, 2.24) is 15.4 Å². The van der Waals surface area contributed by atoms with Crippen molar-refractivity contribution in [1.29, 1.82) is 0 Å². The number of halogens is 2. The van der Waals surface area contributed by atoms with Crippen LogP contribution in [0.1, 0.15) is 65.9 Å². The second-order valence-corrected chi connectivity index (χ2v) is 9.76. The maximum atomic E-state index is 12.9. The summed E-state index contributed by atoms with van der Waals surface area (Å²) in [5, 5.41) is 6.36. The van der Waals surface area contributed by atoms with Crippen LogP contribution in [0.5, 0.6) is 0 Å². The van der Waals surface area contributed by atoms with E-state index in [1.54, 1.807) is 0 Å². The minimum absolute atomic E-state index is 0.00319. The third-order valence-corrected chi connectivity index (χ3v) is 4.13. The standard InChI is InChI=1S/C10H5ClFNO2.C7H14N2O.2C4H10/c11-8-3-6(1-2-9(8)12)10-4-7(5-14)13-15-10;1-5-4-9(3)6(2)7(10)8-5;2*1-4(2)3/h1-5H;5-6H,4H2,1-3H3,(H,8,10);2*4H,1-3H3. The number of carbonyl (C=O) groups excluding carboxylic acids is 2. The van der Waals surface area contributed by atoms with Crippen molar-refractivity contribution in [2.75, 3.05) is 13.6 Å². The van der Waals surface area contributed by atoms with Crippen LogP contribution in [0.25, 0.3) is 11.3 Å². The molecular weight excluding hydrogens is 445 g/mol. The van der Waals surface area contributed by atoms with E-state index in [2.05, 4.69) is 56.9 Å². The summed E-state index contributed by atoms with van der Waals surface area (Å²) in [5.74, 6) is 1.68. The monoisotopic (exact) mass is 483 g/mol. The lowest BCUT2D eigenvalue weighted by Gasteiger charge is -2.33. The van der Waals surface area contributed by atoms with Gasteiger partial charge in [0.1, 0.15) is 11.5 Å². The number of hydrogen-bond acceptors (Lipinski definition) is 5. The molecule has 0 aliphatic carbocycles. The predicted octanol–water partition coefficient (Wildman–Crippen LogP) is 6.10. The van der Waals surface area contributed by atoms with Gasteiger partial charge in [0.15, 0.2) is 12.0 Å². The number of nitrogens with zero attached hydrogens (tertiary/aromatic N) is 2. The predicted molar refractivity (Wildman–Crippen MR) is 133 cm³/mol. The Labute approximate surface area is 202 Å². The first-order valence-corrected chi connectivity index (χ1v) is 11.5. The minimum Gasteiger partial charge on any atom is -0.356 e. The number of rotatable bonds is 2. The highest BCUT2D eigenvalue weighted by atomic mass is 35.5. The first-order chi connectivity index (χ1) is 15.3. The summed E-state index contributed by atoms with van der Waals surface area (Å²) in [6.07, 6.45) is 0.568. The van der Waals surface area contributed by atoms with Crippen LogP contribution < -0.4 is 5.32 Å². The molecule has 0 saturated carbocycles. The van der Waals surface area contributed by atoms with Gasteiger partial charge in [0.05, 0.1) is 11.1 Å². The van der Waals surface area contributed by atoms with Gasteiger partial charge in [-0.2, -0.15) is 0 Å². The molecule has 0 bridgehead atoms. The SMILES string of the molecule is CC(C)C.CC(C)C.CC1CN(C)C(C)C(=O)N1.O=Cc1cc(-c2ccc(F)c(Cl)c2)on1. The average Bonchev–Trinajstić information content (AvgIpc) is 3.17. The van der Waals surface area contributed by atoms with Gasteiger partial charge >= 0.3 is 0 Å². The zero-order valence-corrected chi connectivity index (χ0v) is 22.0. The molecule has 3 rings (SSSR count). The Hall–Kier alpha value is -2.25. The number of amides is 1. The number of carbonyl (C=O) groups is 2. The van der Waals surface area contributed by atoms with Crippen molar-refractivity contribution >= 4 is 23.8 Å². The smallest absolute Gasteiger partial charge is 0.237 e. The lowest BCUT2D eigenvalue weighted by Crippen LogP contribution is -2.56. The summed E-state index contributed by atoms with van der Waals surface area (Å²) in [4.78, 5) is 23.5. The molecule has 0 spiro atoms. The molecule has 2 atom stereocenters. The third-order valence-electron chi connectivity index (χ3n) is 3.84. The Kier molecular flexibility index (Phi) is 14.5. The number of piperazine rings is 1. The highest BCUT2D eigenvalue weighted by molar-refractivity contribution is 6.31. The summed E-state index contributed by atoms with van der Waals surface area (Å²) in [7, 11) is 1.97. The fourth-order valence-corrected chi connectivity index (χ4v) is 2.51. The summed E-state index contributed by atoms with van der Waals surface area (Å²) in [6, 6.07) is 5.92. The Morgan fingerprint density at radius 2 is 1.70 bits per heavy atom. The molecule has 33 heavy (non-hydrogen) atoms. The number of benzene rings is 1. The number of aldehydes is 1. The van der Waals surface area contributed by atoms with Crippen LogP contribution >= 0.6 is 11.6 Å². The molecule has 1 aromatic carbocycles. The molecule has 1 aliphatic heterocycles. The molecule has 1 aliphatic rings. The molecular formula is C25H39ClFN3O3. The van der Waals surface area contributed by atoms with Crippen molar-refractivity contribution < 1.29 is 18.5 Å². The van der Waals surface area contributed by atoms with E-state index in [-0.39, 0.29) is 22.7 Å². The van der Waals surface area contributed by atoms with Crippen LogP contribution in [0.4, 0.5) is 4.39 Å². The molecule has 8 heteroatoms. The maximum absolute atomic E-state index is 12.9. The fraction of sp³-hybridized carbons (Fsp3) is 0.560. The van der Waals surface area contributed by atoms with Gasteiger partial charge in [-0.05, 0) is 50.9 Å². The Balaban J connectivity index is 0.000000490. The molecule has 0 radical (unpaired) electrons. The van der Waals surface area contributed by atoms with Gasteiger partial charge in [-0.3, -0.25) is 14.5 Å². The van der Waals surface area contributed by atoms with Crippen LogP contribution in [0, 0.1) is 17.7 Å². The maximum Gasteiger partial charge on any atom is 0.237 e. The summed E-state index contributed by atoms with van der Waals surface area (Å²) >= 11 is 5.60. The molecule has 6 nitrogen and oxygen atoms in total.